The number of hydrogen-bond acceptors (Lipinski definition) is 6. The average molecular weight is 393 g/mol. The molecule has 132 valence electrons. The van der Waals surface area contributed by atoms with Crippen LogP contribution in [0.1, 0.15) is 47.6 Å². The third-order valence-corrected chi connectivity index (χ3v) is 6.82. The molecule has 1 atom stereocenters. The molecule has 0 amide bonds. The first-order chi connectivity index (χ1) is 12.2. The Bertz CT molecular complexity index is 871. The molecule has 4 nitrogen and oxygen atoms in total. The van der Waals surface area contributed by atoms with E-state index in [1.807, 2.05) is 29.0 Å². The Hall–Kier alpha value is -1.21. The van der Waals surface area contributed by atoms with Gasteiger partial charge in [-0.3, -0.25) is 0 Å². The summed E-state index contributed by atoms with van der Waals surface area (Å²) < 4.78 is 1.20. The van der Waals surface area contributed by atoms with Gasteiger partial charge in [-0.25, -0.2) is 9.97 Å². The first-order valence-corrected chi connectivity index (χ1v) is 10.7. The van der Waals surface area contributed by atoms with Gasteiger partial charge in [-0.1, -0.05) is 18.5 Å². The van der Waals surface area contributed by atoms with Gasteiger partial charge in [0, 0.05) is 28.6 Å². The molecule has 0 aliphatic heterocycles. The number of aromatic nitrogens is 2. The van der Waals surface area contributed by atoms with E-state index in [2.05, 4.69) is 22.2 Å². The van der Waals surface area contributed by atoms with Gasteiger partial charge in [0.25, 0.3) is 0 Å². The van der Waals surface area contributed by atoms with Gasteiger partial charge in [-0.15, -0.1) is 22.7 Å². The zero-order chi connectivity index (χ0) is 17.4. The molecule has 25 heavy (non-hydrogen) atoms. The maximum atomic E-state index is 6.34. The van der Waals surface area contributed by atoms with Crippen molar-refractivity contribution in [2.75, 3.05) is 5.32 Å². The number of nitrogens with zero attached hydrogens (tertiary/aromatic N) is 2. The average Bonchev–Trinajstić information content (AvgIpc) is 3.16. The summed E-state index contributed by atoms with van der Waals surface area (Å²) in [6.45, 7) is 2.85. The summed E-state index contributed by atoms with van der Waals surface area (Å²) in [6.07, 6.45) is 6.23. The molecule has 3 aromatic heterocycles. The standard InChI is InChI=1S/C18H21ClN4S2/c1-2-11(20)7-13-16(10-3-4-10)17-18(25-13)12(8-14(19)23-17)22-9-15-21-5-6-24-15/h5-6,8,10-11H,2-4,7,9,20H2,1H3,(H,22,23)/t11-/m0/s1. The summed E-state index contributed by atoms with van der Waals surface area (Å²) >= 11 is 9.82. The molecule has 0 bridgehead atoms. The highest BCUT2D eigenvalue weighted by Gasteiger charge is 2.31. The van der Waals surface area contributed by atoms with E-state index in [0.29, 0.717) is 17.6 Å². The van der Waals surface area contributed by atoms with Crippen LogP contribution in [0.25, 0.3) is 10.2 Å². The van der Waals surface area contributed by atoms with Crippen LogP contribution in [0.5, 0.6) is 0 Å². The van der Waals surface area contributed by atoms with E-state index in [1.165, 1.54) is 28.0 Å². The number of hydrogen-bond donors (Lipinski definition) is 2. The van der Waals surface area contributed by atoms with Crippen molar-refractivity contribution in [3.8, 4) is 0 Å². The number of anilines is 1. The second-order valence-electron chi connectivity index (χ2n) is 6.54. The smallest absolute Gasteiger partial charge is 0.131 e. The quantitative estimate of drug-likeness (QED) is 0.544. The van der Waals surface area contributed by atoms with Gasteiger partial charge in [0.15, 0.2) is 0 Å². The third-order valence-electron chi connectivity index (χ3n) is 4.59. The van der Waals surface area contributed by atoms with E-state index in [9.17, 15) is 0 Å². The van der Waals surface area contributed by atoms with Gasteiger partial charge in [0.05, 0.1) is 22.4 Å². The van der Waals surface area contributed by atoms with Gasteiger partial charge in [-0.05, 0) is 37.2 Å². The lowest BCUT2D eigenvalue weighted by Gasteiger charge is -2.08. The SMILES string of the molecule is CC[C@H](N)Cc1sc2c(NCc3nccs3)cc(Cl)nc2c1C1CC1. The van der Waals surface area contributed by atoms with E-state index in [4.69, 9.17) is 17.3 Å². The Morgan fingerprint density at radius 3 is 2.96 bits per heavy atom. The largest absolute Gasteiger partial charge is 0.377 e. The van der Waals surface area contributed by atoms with Crippen molar-refractivity contribution in [2.24, 2.45) is 5.73 Å². The summed E-state index contributed by atoms with van der Waals surface area (Å²) in [4.78, 5) is 10.4. The van der Waals surface area contributed by atoms with Gasteiger partial charge in [0.1, 0.15) is 10.2 Å². The number of fused-ring (bicyclic) bond motifs is 1. The minimum absolute atomic E-state index is 0.202. The fourth-order valence-electron chi connectivity index (χ4n) is 3.07. The van der Waals surface area contributed by atoms with Gasteiger partial charge < -0.3 is 11.1 Å². The molecular formula is C18H21ClN4S2. The molecule has 1 aliphatic rings. The topological polar surface area (TPSA) is 63.8 Å². The maximum absolute atomic E-state index is 6.34. The Balaban J connectivity index is 1.74. The van der Waals surface area contributed by atoms with Crippen LogP contribution >= 0.6 is 34.3 Å². The molecular weight excluding hydrogens is 372 g/mol. The highest BCUT2D eigenvalue weighted by molar-refractivity contribution is 7.20. The Morgan fingerprint density at radius 1 is 1.44 bits per heavy atom. The molecule has 0 aromatic carbocycles. The van der Waals surface area contributed by atoms with Crippen molar-refractivity contribution in [3.63, 3.8) is 0 Å². The molecule has 0 saturated heterocycles. The van der Waals surface area contributed by atoms with Gasteiger partial charge in [-0.2, -0.15) is 0 Å². The number of thiophene rings is 1. The van der Waals surface area contributed by atoms with E-state index in [1.54, 1.807) is 11.3 Å². The monoisotopic (exact) mass is 392 g/mol. The minimum Gasteiger partial charge on any atom is -0.377 e. The normalized spacial score (nSPS) is 15.6. The fourth-order valence-corrected chi connectivity index (χ4v) is 5.23. The second-order valence-corrected chi connectivity index (χ2v) is 9.01. The van der Waals surface area contributed by atoms with E-state index < -0.39 is 0 Å². The van der Waals surface area contributed by atoms with Crippen molar-refractivity contribution >= 4 is 50.2 Å². The van der Waals surface area contributed by atoms with Crippen molar-refractivity contribution in [3.05, 3.63) is 38.2 Å². The summed E-state index contributed by atoms with van der Waals surface area (Å²) in [5.74, 6) is 0.630. The molecule has 0 spiro atoms. The Kier molecular flexibility index (Phi) is 4.95. The Labute approximate surface area is 160 Å². The van der Waals surface area contributed by atoms with Crippen LogP contribution in [-0.4, -0.2) is 16.0 Å². The van der Waals surface area contributed by atoms with E-state index >= 15 is 0 Å². The zero-order valence-electron chi connectivity index (χ0n) is 14.1. The number of nitrogens with two attached hydrogens (primary N) is 1. The van der Waals surface area contributed by atoms with E-state index in [0.717, 1.165) is 29.1 Å². The molecule has 3 N–H and O–H groups in total. The van der Waals surface area contributed by atoms with Gasteiger partial charge in [0.2, 0.25) is 0 Å². The summed E-state index contributed by atoms with van der Waals surface area (Å²) in [7, 11) is 0. The first-order valence-electron chi connectivity index (χ1n) is 8.65. The molecule has 3 heterocycles. The lowest BCUT2D eigenvalue weighted by molar-refractivity contribution is 0.649. The molecule has 0 radical (unpaired) electrons. The molecule has 3 aromatic rings. The van der Waals surface area contributed by atoms with Crippen molar-refractivity contribution < 1.29 is 0 Å². The molecule has 0 unspecified atom stereocenters. The summed E-state index contributed by atoms with van der Waals surface area (Å²) in [6, 6.07) is 2.13. The first kappa shape index (κ1) is 17.2. The summed E-state index contributed by atoms with van der Waals surface area (Å²) in [5.41, 5.74) is 9.76. The number of nitrogens with one attached hydrogen (secondary N) is 1. The van der Waals surface area contributed by atoms with Crippen molar-refractivity contribution in [1.29, 1.82) is 0 Å². The lowest BCUT2D eigenvalue weighted by Crippen LogP contribution is -2.21. The highest BCUT2D eigenvalue weighted by atomic mass is 35.5. The van der Waals surface area contributed by atoms with Crippen molar-refractivity contribution in [1.82, 2.24) is 9.97 Å². The van der Waals surface area contributed by atoms with Crippen LogP contribution < -0.4 is 11.1 Å². The number of rotatable bonds is 7. The number of halogens is 1. The van der Waals surface area contributed by atoms with Gasteiger partial charge >= 0.3 is 0 Å². The highest BCUT2D eigenvalue weighted by Crippen LogP contribution is 2.49. The van der Waals surface area contributed by atoms with Crippen molar-refractivity contribution in [2.45, 2.75) is 51.1 Å². The van der Waals surface area contributed by atoms with Crippen LogP contribution in [0.2, 0.25) is 5.15 Å². The second kappa shape index (κ2) is 7.19. The Morgan fingerprint density at radius 2 is 2.28 bits per heavy atom. The minimum atomic E-state index is 0.202. The summed E-state index contributed by atoms with van der Waals surface area (Å²) in [5, 5.41) is 7.10. The van der Waals surface area contributed by atoms with Crippen LogP contribution in [0, 0.1) is 0 Å². The fraction of sp³-hybridized carbons (Fsp3) is 0.444. The predicted molar refractivity (Wildman–Crippen MR) is 108 cm³/mol. The van der Waals surface area contributed by atoms with Crippen LogP contribution in [0.4, 0.5) is 5.69 Å². The molecule has 4 rings (SSSR count). The van der Waals surface area contributed by atoms with E-state index in [-0.39, 0.29) is 6.04 Å². The third kappa shape index (κ3) is 3.67. The zero-order valence-corrected chi connectivity index (χ0v) is 16.5. The molecule has 1 fully saturated rings. The number of pyridine rings is 1. The van der Waals surface area contributed by atoms with Crippen LogP contribution in [0.3, 0.4) is 0 Å². The number of thiazole rings is 1. The molecule has 1 aliphatic carbocycles. The van der Waals surface area contributed by atoms with Crippen LogP contribution in [0.15, 0.2) is 17.6 Å². The predicted octanol–water partition coefficient (Wildman–Crippen LogP) is 5.18. The molecule has 7 heteroatoms. The molecule has 1 saturated carbocycles. The maximum Gasteiger partial charge on any atom is 0.131 e. The van der Waals surface area contributed by atoms with Crippen LogP contribution in [-0.2, 0) is 13.0 Å². The lowest BCUT2D eigenvalue weighted by atomic mass is 10.0.